The van der Waals surface area contributed by atoms with Crippen LogP contribution in [0, 0.1) is 0 Å². The lowest BCUT2D eigenvalue weighted by Gasteiger charge is -2.32. The van der Waals surface area contributed by atoms with Crippen LogP contribution < -0.4 is 9.64 Å². The van der Waals surface area contributed by atoms with Gasteiger partial charge in [0.15, 0.2) is 10.8 Å². The van der Waals surface area contributed by atoms with Crippen molar-refractivity contribution >= 4 is 22.4 Å². The molecule has 0 N–H and O–H groups in total. The monoisotopic (exact) mass is 303 g/mol. The molecule has 0 atom stereocenters. The zero-order valence-electron chi connectivity index (χ0n) is 11.9. The predicted octanol–water partition coefficient (Wildman–Crippen LogP) is 2.11. The molecule has 5 nitrogen and oxygen atoms in total. The Morgan fingerprint density at radius 2 is 1.90 bits per heavy atom. The summed E-state index contributed by atoms with van der Waals surface area (Å²) in [5.41, 5.74) is 0.373. The number of ether oxygens (including phenoxy) is 1. The van der Waals surface area contributed by atoms with Gasteiger partial charge in [-0.3, -0.25) is 0 Å². The molecule has 1 aliphatic heterocycles. The van der Waals surface area contributed by atoms with E-state index in [4.69, 9.17) is 4.74 Å². The molecule has 0 bridgehead atoms. The van der Waals surface area contributed by atoms with Crippen LogP contribution in [0.5, 0.6) is 5.75 Å². The molecule has 2 heterocycles. The number of hydrogen-bond donors (Lipinski definition) is 0. The number of anilines is 1. The number of esters is 1. The number of benzene rings is 1. The molecule has 0 unspecified atom stereocenters. The lowest BCUT2D eigenvalue weighted by Crippen LogP contribution is -2.44. The summed E-state index contributed by atoms with van der Waals surface area (Å²) in [6.45, 7) is 3.92. The van der Waals surface area contributed by atoms with Gasteiger partial charge in [0.2, 0.25) is 0 Å². The van der Waals surface area contributed by atoms with E-state index in [2.05, 4.69) is 21.8 Å². The molecular formula is C15H17N3O2S. The Morgan fingerprint density at radius 1 is 1.19 bits per heavy atom. The normalized spacial score (nSPS) is 16.0. The molecule has 1 aliphatic rings. The molecular weight excluding hydrogens is 286 g/mol. The zero-order valence-corrected chi connectivity index (χ0v) is 12.7. The van der Waals surface area contributed by atoms with Gasteiger partial charge in [-0.1, -0.05) is 18.2 Å². The highest BCUT2D eigenvalue weighted by molar-refractivity contribution is 7.13. The summed E-state index contributed by atoms with van der Waals surface area (Å²) in [5.74, 6) is 0.134. The van der Waals surface area contributed by atoms with Gasteiger partial charge in [0.05, 0.1) is 0 Å². The lowest BCUT2D eigenvalue weighted by molar-refractivity contribution is 0.0729. The number of aromatic nitrogens is 1. The van der Waals surface area contributed by atoms with E-state index in [0.717, 1.165) is 31.3 Å². The summed E-state index contributed by atoms with van der Waals surface area (Å²) in [4.78, 5) is 21.0. The number of rotatable bonds is 3. The fourth-order valence-corrected chi connectivity index (χ4v) is 3.00. The molecule has 21 heavy (non-hydrogen) atoms. The molecule has 0 radical (unpaired) electrons. The summed E-state index contributed by atoms with van der Waals surface area (Å²) < 4.78 is 5.30. The van der Waals surface area contributed by atoms with E-state index in [1.807, 2.05) is 18.2 Å². The van der Waals surface area contributed by atoms with Gasteiger partial charge in [-0.25, -0.2) is 9.78 Å². The standard InChI is InChI=1S/C15H17N3O2S/c1-17-7-9-18(10-8-17)15-16-13(11-21-15)14(19)20-12-5-3-2-4-6-12/h2-6,11H,7-10H2,1H3. The zero-order chi connectivity index (χ0) is 14.7. The van der Waals surface area contributed by atoms with Crippen LogP contribution in [0.15, 0.2) is 35.7 Å². The Balaban J connectivity index is 1.66. The lowest BCUT2D eigenvalue weighted by atomic mass is 10.3. The number of nitrogens with zero attached hydrogens (tertiary/aromatic N) is 3. The van der Waals surface area contributed by atoms with Gasteiger partial charge >= 0.3 is 5.97 Å². The third kappa shape index (κ3) is 3.40. The summed E-state index contributed by atoms with van der Waals surface area (Å²) in [5, 5.41) is 2.65. The predicted molar refractivity (Wildman–Crippen MR) is 83.2 cm³/mol. The minimum Gasteiger partial charge on any atom is -0.422 e. The highest BCUT2D eigenvalue weighted by atomic mass is 32.1. The highest BCUT2D eigenvalue weighted by Gasteiger charge is 2.19. The second kappa shape index (κ2) is 6.24. The highest BCUT2D eigenvalue weighted by Crippen LogP contribution is 2.22. The fourth-order valence-electron chi connectivity index (χ4n) is 2.15. The van der Waals surface area contributed by atoms with Crippen LogP contribution in [0.2, 0.25) is 0 Å². The van der Waals surface area contributed by atoms with E-state index in [9.17, 15) is 4.79 Å². The minimum absolute atomic E-state index is 0.373. The maximum atomic E-state index is 12.1. The molecule has 3 rings (SSSR count). The first-order valence-electron chi connectivity index (χ1n) is 6.88. The smallest absolute Gasteiger partial charge is 0.363 e. The van der Waals surface area contributed by atoms with Crippen molar-refractivity contribution in [2.45, 2.75) is 0 Å². The van der Waals surface area contributed by atoms with Crippen LogP contribution in [0.1, 0.15) is 10.5 Å². The van der Waals surface area contributed by atoms with Crippen LogP contribution in [0.3, 0.4) is 0 Å². The summed E-state index contributed by atoms with van der Waals surface area (Å²) in [6, 6.07) is 9.06. The van der Waals surface area contributed by atoms with E-state index in [1.165, 1.54) is 11.3 Å². The summed E-state index contributed by atoms with van der Waals surface area (Å²) in [7, 11) is 2.11. The van der Waals surface area contributed by atoms with Gasteiger partial charge in [0, 0.05) is 31.6 Å². The third-order valence-electron chi connectivity index (χ3n) is 3.43. The van der Waals surface area contributed by atoms with E-state index in [-0.39, 0.29) is 0 Å². The van der Waals surface area contributed by atoms with Crippen molar-refractivity contribution in [3.05, 3.63) is 41.4 Å². The number of piperazine rings is 1. The molecule has 0 spiro atoms. The second-order valence-electron chi connectivity index (χ2n) is 5.01. The van der Waals surface area contributed by atoms with E-state index in [0.29, 0.717) is 11.4 Å². The minimum atomic E-state index is -0.405. The van der Waals surface area contributed by atoms with Crippen molar-refractivity contribution in [2.24, 2.45) is 0 Å². The molecule has 1 aromatic heterocycles. The first-order valence-corrected chi connectivity index (χ1v) is 7.76. The summed E-state index contributed by atoms with van der Waals surface area (Å²) >= 11 is 1.49. The average molecular weight is 303 g/mol. The Labute approximate surface area is 127 Å². The van der Waals surface area contributed by atoms with Crippen molar-refractivity contribution in [3.63, 3.8) is 0 Å². The molecule has 0 saturated carbocycles. The number of hydrogen-bond acceptors (Lipinski definition) is 6. The average Bonchev–Trinajstić information content (AvgIpc) is 2.99. The van der Waals surface area contributed by atoms with Gasteiger partial charge in [0.1, 0.15) is 5.75 Å². The quantitative estimate of drug-likeness (QED) is 0.642. The number of likely N-dealkylation sites (N-methyl/N-ethyl adjacent to an activating group) is 1. The topological polar surface area (TPSA) is 45.7 Å². The van der Waals surface area contributed by atoms with E-state index in [1.54, 1.807) is 17.5 Å². The molecule has 0 aliphatic carbocycles. The first kappa shape index (κ1) is 14.0. The van der Waals surface area contributed by atoms with Crippen LogP contribution in [0.4, 0.5) is 5.13 Å². The Morgan fingerprint density at radius 3 is 2.62 bits per heavy atom. The Kier molecular flexibility index (Phi) is 4.17. The Bertz CT molecular complexity index is 606. The van der Waals surface area contributed by atoms with Gasteiger partial charge in [-0.2, -0.15) is 0 Å². The largest absolute Gasteiger partial charge is 0.422 e. The third-order valence-corrected chi connectivity index (χ3v) is 4.33. The molecule has 2 aromatic rings. The van der Waals surface area contributed by atoms with Crippen molar-refractivity contribution in [2.75, 3.05) is 38.1 Å². The Hall–Kier alpha value is -1.92. The van der Waals surface area contributed by atoms with Crippen molar-refractivity contribution in [3.8, 4) is 5.75 Å². The van der Waals surface area contributed by atoms with Crippen LogP contribution in [-0.2, 0) is 0 Å². The van der Waals surface area contributed by atoms with Crippen molar-refractivity contribution in [1.29, 1.82) is 0 Å². The number of para-hydroxylation sites is 1. The number of thiazole rings is 1. The number of carbonyl (C=O) groups is 1. The van der Waals surface area contributed by atoms with Gasteiger partial charge in [-0.05, 0) is 19.2 Å². The van der Waals surface area contributed by atoms with E-state index >= 15 is 0 Å². The van der Waals surface area contributed by atoms with Crippen molar-refractivity contribution < 1.29 is 9.53 Å². The molecule has 1 saturated heterocycles. The van der Waals surface area contributed by atoms with Crippen LogP contribution in [0.25, 0.3) is 0 Å². The maximum absolute atomic E-state index is 12.1. The van der Waals surface area contributed by atoms with Gasteiger partial charge in [-0.15, -0.1) is 11.3 Å². The SMILES string of the molecule is CN1CCN(c2nc(C(=O)Oc3ccccc3)cs2)CC1. The maximum Gasteiger partial charge on any atom is 0.363 e. The van der Waals surface area contributed by atoms with Crippen molar-refractivity contribution in [1.82, 2.24) is 9.88 Å². The number of carbonyl (C=O) groups excluding carboxylic acids is 1. The first-order chi connectivity index (χ1) is 10.2. The van der Waals surface area contributed by atoms with E-state index < -0.39 is 5.97 Å². The molecule has 110 valence electrons. The fraction of sp³-hybridized carbons (Fsp3) is 0.333. The van der Waals surface area contributed by atoms with Gasteiger partial charge < -0.3 is 14.5 Å². The molecule has 0 amide bonds. The molecule has 1 fully saturated rings. The summed E-state index contributed by atoms with van der Waals surface area (Å²) in [6.07, 6.45) is 0. The molecule has 1 aromatic carbocycles. The second-order valence-corrected chi connectivity index (χ2v) is 5.84. The van der Waals surface area contributed by atoms with Crippen LogP contribution in [-0.4, -0.2) is 49.1 Å². The molecule has 6 heteroatoms. The van der Waals surface area contributed by atoms with Gasteiger partial charge in [0.25, 0.3) is 0 Å². The van der Waals surface area contributed by atoms with Crippen LogP contribution >= 0.6 is 11.3 Å².